The second-order valence-electron chi connectivity index (χ2n) is 4.53. The number of benzene rings is 1. The molecule has 0 saturated carbocycles. The first-order valence-corrected chi connectivity index (χ1v) is 6.13. The van der Waals surface area contributed by atoms with Gasteiger partial charge in [0.2, 0.25) is 11.8 Å². The van der Waals surface area contributed by atoms with Crippen LogP contribution in [-0.2, 0) is 16.0 Å². The molecule has 1 aliphatic heterocycles. The molecule has 1 aliphatic rings. The molecule has 1 N–H and O–H groups in total. The standard InChI is InChI=1S/C14H17NO2/c16-13-10-9-12(14(17)15-13)8-4-7-11-5-2-1-3-6-11/h1-3,5-6,12H,4,7-10H2,(H,15,16,17). The predicted octanol–water partition coefficient (Wildman–Crippen LogP) is 2.06. The van der Waals surface area contributed by atoms with E-state index in [4.69, 9.17) is 0 Å². The molecule has 3 nitrogen and oxygen atoms in total. The zero-order chi connectivity index (χ0) is 12.1. The second-order valence-corrected chi connectivity index (χ2v) is 4.53. The predicted molar refractivity (Wildman–Crippen MR) is 65.3 cm³/mol. The number of nitrogens with one attached hydrogen (secondary N) is 1. The molecule has 1 saturated heterocycles. The van der Waals surface area contributed by atoms with E-state index in [-0.39, 0.29) is 17.7 Å². The third-order valence-corrected chi connectivity index (χ3v) is 3.21. The summed E-state index contributed by atoms with van der Waals surface area (Å²) < 4.78 is 0. The summed E-state index contributed by atoms with van der Waals surface area (Å²) in [6.45, 7) is 0. The van der Waals surface area contributed by atoms with Gasteiger partial charge in [0.05, 0.1) is 0 Å². The molecule has 1 aromatic rings. The molecule has 2 rings (SSSR count). The van der Waals surface area contributed by atoms with E-state index in [1.165, 1.54) is 5.56 Å². The third-order valence-electron chi connectivity index (χ3n) is 3.21. The monoisotopic (exact) mass is 231 g/mol. The highest BCUT2D eigenvalue weighted by Gasteiger charge is 2.25. The van der Waals surface area contributed by atoms with Gasteiger partial charge >= 0.3 is 0 Å². The van der Waals surface area contributed by atoms with Crippen molar-refractivity contribution in [2.75, 3.05) is 0 Å². The molecule has 1 unspecified atom stereocenters. The fourth-order valence-corrected chi connectivity index (χ4v) is 2.21. The lowest BCUT2D eigenvalue weighted by atomic mass is 9.92. The van der Waals surface area contributed by atoms with Crippen LogP contribution in [0.15, 0.2) is 30.3 Å². The molecule has 1 fully saturated rings. The average molecular weight is 231 g/mol. The van der Waals surface area contributed by atoms with E-state index in [9.17, 15) is 9.59 Å². The number of aryl methyl sites for hydroxylation is 1. The number of hydrogen-bond donors (Lipinski definition) is 1. The first kappa shape index (κ1) is 11.8. The van der Waals surface area contributed by atoms with Crippen LogP contribution < -0.4 is 5.32 Å². The van der Waals surface area contributed by atoms with E-state index in [1.807, 2.05) is 18.2 Å². The largest absolute Gasteiger partial charge is 0.296 e. The first-order chi connectivity index (χ1) is 8.25. The van der Waals surface area contributed by atoms with Crippen LogP contribution in [-0.4, -0.2) is 11.8 Å². The average Bonchev–Trinajstić information content (AvgIpc) is 2.33. The van der Waals surface area contributed by atoms with Crippen molar-refractivity contribution in [2.45, 2.75) is 32.1 Å². The van der Waals surface area contributed by atoms with E-state index in [0.29, 0.717) is 12.8 Å². The number of carbonyl (C=O) groups is 2. The van der Waals surface area contributed by atoms with Gasteiger partial charge in [0.1, 0.15) is 0 Å². The molecule has 1 heterocycles. The molecule has 0 aliphatic carbocycles. The minimum Gasteiger partial charge on any atom is -0.296 e. The fourth-order valence-electron chi connectivity index (χ4n) is 2.21. The van der Waals surface area contributed by atoms with Gasteiger partial charge in [-0.2, -0.15) is 0 Å². The lowest BCUT2D eigenvalue weighted by Gasteiger charge is -2.20. The summed E-state index contributed by atoms with van der Waals surface area (Å²) in [7, 11) is 0. The Balaban J connectivity index is 1.75. The van der Waals surface area contributed by atoms with Gasteiger partial charge in [-0.15, -0.1) is 0 Å². The number of rotatable bonds is 4. The van der Waals surface area contributed by atoms with E-state index in [2.05, 4.69) is 17.4 Å². The van der Waals surface area contributed by atoms with Gasteiger partial charge in [-0.1, -0.05) is 30.3 Å². The molecule has 0 bridgehead atoms. The summed E-state index contributed by atoms with van der Waals surface area (Å²) in [5.74, 6) is -0.194. The Morgan fingerprint density at radius 2 is 1.94 bits per heavy atom. The molecule has 1 aromatic carbocycles. The van der Waals surface area contributed by atoms with Crippen molar-refractivity contribution in [3.8, 4) is 0 Å². The lowest BCUT2D eigenvalue weighted by molar-refractivity contribution is -0.136. The Bertz CT molecular complexity index is 400. The maximum Gasteiger partial charge on any atom is 0.229 e. The molecule has 0 spiro atoms. The Morgan fingerprint density at radius 3 is 2.65 bits per heavy atom. The maximum atomic E-state index is 11.5. The van der Waals surface area contributed by atoms with Crippen LogP contribution in [0.1, 0.15) is 31.2 Å². The van der Waals surface area contributed by atoms with Gasteiger partial charge in [-0.3, -0.25) is 14.9 Å². The topological polar surface area (TPSA) is 46.2 Å². The molecule has 90 valence electrons. The number of hydrogen-bond acceptors (Lipinski definition) is 2. The Labute approximate surface area is 101 Å². The summed E-state index contributed by atoms with van der Waals surface area (Å²) in [4.78, 5) is 22.5. The normalized spacial score (nSPS) is 20.1. The Morgan fingerprint density at radius 1 is 1.18 bits per heavy atom. The Kier molecular flexibility index (Phi) is 3.91. The smallest absolute Gasteiger partial charge is 0.229 e. The van der Waals surface area contributed by atoms with E-state index in [1.54, 1.807) is 0 Å². The summed E-state index contributed by atoms with van der Waals surface area (Å²) in [5, 5.41) is 2.40. The Hall–Kier alpha value is -1.64. The molecular weight excluding hydrogens is 214 g/mol. The van der Waals surface area contributed by atoms with E-state index >= 15 is 0 Å². The highest BCUT2D eigenvalue weighted by atomic mass is 16.2. The first-order valence-electron chi connectivity index (χ1n) is 6.13. The second kappa shape index (κ2) is 5.62. The number of carbonyl (C=O) groups excluding carboxylic acids is 2. The van der Waals surface area contributed by atoms with E-state index in [0.717, 1.165) is 19.3 Å². The van der Waals surface area contributed by atoms with Crippen molar-refractivity contribution in [3.05, 3.63) is 35.9 Å². The molecule has 3 heteroatoms. The zero-order valence-corrected chi connectivity index (χ0v) is 9.82. The summed E-state index contributed by atoms with van der Waals surface area (Å²) >= 11 is 0. The van der Waals surface area contributed by atoms with Gasteiger partial charge < -0.3 is 0 Å². The van der Waals surface area contributed by atoms with Gasteiger partial charge in [0.15, 0.2) is 0 Å². The molecule has 2 amide bonds. The quantitative estimate of drug-likeness (QED) is 0.806. The molecule has 17 heavy (non-hydrogen) atoms. The van der Waals surface area contributed by atoms with Crippen LogP contribution in [0.25, 0.3) is 0 Å². The van der Waals surface area contributed by atoms with Crippen molar-refractivity contribution in [1.29, 1.82) is 0 Å². The van der Waals surface area contributed by atoms with Gasteiger partial charge in [-0.25, -0.2) is 0 Å². The van der Waals surface area contributed by atoms with Crippen molar-refractivity contribution in [3.63, 3.8) is 0 Å². The van der Waals surface area contributed by atoms with Crippen LogP contribution in [0.3, 0.4) is 0 Å². The van der Waals surface area contributed by atoms with Crippen LogP contribution in [0, 0.1) is 5.92 Å². The number of amides is 2. The van der Waals surface area contributed by atoms with Gasteiger partial charge in [-0.05, 0) is 31.2 Å². The maximum absolute atomic E-state index is 11.5. The summed E-state index contributed by atoms with van der Waals surface area (Å²) in [5.41, 5.74) is 1.31. The van der Waals surface area contributed by atoms with Crippen molar-refractivity contribution in [2.24, 2.45) is 5.92 Å². The molecule has 0 radical (unpaired) electrons. The number of imide groups is 1. The minimum absolute atomic E-state index is 0.0245. The molecule has 1 atom stereocenters. The SMILES string of the molecule is O=C1CCC(CCCc2ccccc2)C(=O)N1. The van der Waals surface area contributed by atoms with E-state index < -0.39 is 0 Å². The fraction of sp³-hybridized carbons (Fsp3) is 0.429. The van der Waals surface area contributed by atoms with Gasteiger partial charge in [0.25, 0.3) is 0 Å². The molecule has 0 aromatic heterocycles. The zero-order valence-electron chi connectivity index (χ0n) is 9.82. The lowest BCUT2D eigenvalue weighted by Crippen LogP contribution is -2.40. The van der Waals surface area contributed by atoms with Gasteiger partial charge in [0, 0.05) is 12.3 Å². The highest BCUT2D eigenvalue weighted by Crippen LogP contribution is 2.19. The van der Waals surface area contributed by atoms with Crippen LogP contribution in [0.4, 0.5) is 0 Å². The van der Waals surface area contributed by atoms with Crippen LogP contribution in [0.2, 0.25) is 0 Å². The van der Waals surface area contributed by atoms with Crippen LogP contribution in [0.5, 0.6) is 0 Å². The minimum atomic E-state index is -0.130. The van der Waals surface area contributed by atoms with Crippen molar-refractivity contribution >= 4 is 11.8 Å². The third kappa shape index (κ3) is 3.41. The molecular formula is C14H17NO2. The van der Waals surface area contributed by atoms with Crippen molar-refractivity contribution < 1.29 is 9.59 Å². The number of piperidine rings is 1. The summed E-state index contributed by atoms with van der Waals surface area (Å²) in [6.07, 6.45) is 4.06. The van der Waals surface area contributed by atoms with Crippen molar-refractivity contribution in [1.82, 2.24) is 5.32 Å². The summed E-state index contributed by atoms with van der Waals surface area (Å²) in [6, 6.07) is 10.3. The van der Waals surface area contributed by atoms with Crippen LogP contribution >= 0.6 is 0 Å². The highest BCUT2D eigenvalue weighted by molar-refractivity contribution is 5.98.